The molecule has 0 unspecified atom stereocenters. The fraction of sp³-hybridized carbons (Fsp3) is 0.480. The molecule has 1 amide bonds. The van der Waals surface area contributed by atoms with Crippen LogP contribution in [0.3, 0.4) is 0 Å². The highest BCUT2D eigenvalue weighted by atomic mass is 16.5. The number of para-hydroxylation sites is 2. The minimum absolute atomic E-state index is 0.302. The van der Waals surface area contributed by atoms with Crippen molar-refractivity contribution in [3.05, 3.63) is 60.2 Å². The van der Waals surface area contributed by atoms with Crippen molar-refractivity contribution in [2.45, 2.75) is 31.7 Å². The third-order valence-electron chi connectivity index (χ3n) is 6.48. The molecule has 2 aliphatic heterocycles. The van der Waals surface area contributed by atoms with Gasteiger partial charge in [-0.15, -0.1) is 0 Å². The summed E-state index contributed by atoms with van der Waals surface area (Å²) in [5, 5.41) is 0. The average molecular weight is 408 g/mol. The summed E-state index contributed by atoms with van der Waals surface area (Å²) in [7, 11) is 1.74. The first-order valence-corrected chi connectivity index (χ1v) is 11.2. The molecule has 2 fully saturated rings. The number of ether oxygens (including phenoxy) is 1. The molecule has 0 saturated carbocycles. The quantitative estimate of drug-likeness (QED) is 0.735. The van der Waals surface area contributed by atoms with Gasteiger partial charge in [0.15, 0.2) is 0 Å². The molecular weight excluding hydrogens is 374 g/mol. The minimum Gasteiger partial charge on any atom is -0.495 e. The third-order valence-corrected chi connectivity index (χ3v) is 6.48. The normalized spacial score (nSPS) is 20.2. The second kappa shape index (κ2) is 9.98. The van der Waals surface area contributed by atoms with Crippen molar-refractivity contribution >= 4 is 11.6 Å². The molecule has 2 heterocycles. The van der Waals surface area contributed by atoms with Crippen molar-refractivity contribution in [1.29, 1.82) is 0 Å². The van der Waals surface area contributed by atoms with Crippen LogP contribution in [0, 0.1) is 0 Å². The number of anilines is 1. The molecular formula is C25H33N3O2. The third kappa shape index (κ3) is 4.96. The van der Waals surface area contributed by atoms with Gasteiger partial charge in [-0.1, -0.05) is 42.5 Å². The predicted molar refractivity (Wildman–Crippen MR) is 121 cm³/mol. The summed E-state index contributed by atoms with van der Waals surface area (Å²) in [6, 6.07) is 19.1. The number of nitrogens with zero attached hydrogens (tertiary/aromatic N) is 3. The topological polar surface area (TPSA) is 36.0 Å². The van der Waals surface area contributed by atoms with E-state index in [2.05, 4.69) is 39.0 Å². The molecule has 0 aromatic heterocycles. The molecule has 2 aromatic rings. The summed E-state index contributed by atoms with van der Waals surface area (Å²) < 4.78 is 5.54. The lowest BCUT2D eigenvalue weighted by Crippen LogP contribution is -2.56. The van der Waals surface area contributed by atoms with Crippen LogP contribution in [0.1, 0.15) is 24.8 Å². The molecule has 0 aliphatic carbocycles. The van der Waals surface area contributed by atoms with Crippen LogP contribution in [-0.2, 0) is 11.2 Å². The number of piperazine rings is 1. The highest BCUT2D eigenvalue weighted by Crippen LogP contribution is 2.29. The number of aryl methyl sites for hydroxylation is 1. The van der Waals surface area contributed by atoms with Crippen LogP contribution in [0.25, 0.3) is 0 Å². The molecule has 2 saturated heterocycles. The van der Waals surface area contributed by atoms with Gasteiger partial charge >= 0.3 is 0 Å². The van der Waals surface area contributed by atoms with E-state index in [0.29, 0.717) is 18.4 Å². The van der Waals surface area contributed by atoms with Crippen molar-refractivity contribution < 1.29 is 9.53 Å². The van der Waals surface area contributed by atoms with E-state index in [-0.39, 0.29) is 0 Å². The van der Waals surface area contributed by atoms with E-state index in [1.165, 1.54) is 17.7 Å². The highest BCUT2D eigenvalue weighted by Gasteiger charge is 2.30. The monoisotopic (exact) mass is 407 g/mol. The number of carbonyl (C=O) groups excluding carboxylic acids is 1. The van der Waals surface area contributed by atoms with Gasteiger partial charge in [0.1, 0.15) is 5.75 Å². The Balaban J connectivity index is 1.28. The van der Waals surface area contributed by atoms with Gasteiger partial charge < -0.3 is 14.5 Å². The van der Waals surface area contributed by atoms with Crippen molar-refractivity contribution in [3.63, 3.8) is 0 Å². The Bertz CT molecular complexity index is 818. The van der Waals surface area contributed by atoms with Crippen molar-refractivity contribution in [2.24, 2.45) is 0 Å². The number of hydrogen-bond donors (Lipinski definition) is 0. The summed E-state index contributed by atoms with van der Waals surface area (Å²) in [5.74, 6) is 1.25. The Hall–Kier alpha value is -2.53. The van der Waals surface area contributed by atoms with Gasteiger partial charge in [0.2, 0.25) is 5.91 Å². The van der Waals surface area contributed by atoms with Gasteiger partial charge in [-0.05, 0) is 37.0 Å². The minimum atomic E-state index is 0.302. The summed E-state index contributed by atoms with van der Waals surface area (Å²) in [6.07, 6.45) is 3.74. The summed E-state index contributed by atoms with van der Waals surface area (Å²) in [4.78, 5) is 19.9. The zero-order valence-electron chi connectivity index (χ0n) is 18.0. The highest BCUT2D eigenvalue weighted by molar-refractivity contribution is 5.76. The maximum Gasteiger partial charge on any atom is 0.222 e. The fourth-order valence-electron chi connectivity index (χ4n) is 4.75. The van der Waals surface area contributed by atoms with E-state index < -0.39 is 0 Å². The summed E-state index contributed by atoms with van der Waals surface area (Å²) in [5.41, 5.74) is 2.42. The smallest absolute Gasteiger partial charge is 0.222 e. The molecule has 5 nitrogen and oxygen atoms in total. The van der Waals surface area contributed by atoms with Gasteiger partial charge in [0, 0.05) is 51.7 Å². The maximum atomic E-state index is 12.8. The van der Waals surface area contributed by atoms with Crippen LogP contribution in [0.2, 0.25) is 0 Å². The van der Waals surface area contributed by atoms with E-state index >= 15 is 0 Å². The largest absolute Gasteiger partial charge is 0.495 e. The molecule has 0 N–H and O–H groups in total. The maximum absolute atomic E-state index is 12.8. The SMILES string of the molecule is COc1ccccc1N1CCN([C@@H]2CCCN(C(=O)CCc3ccccc3)C2)CC1. The molecule has 5 heteroatoms. The lowest BCUT2D eigenvalue weighted by molar-refractivity contribution is -0.133. The number of benzene rings is 2. The number of amides is 1. The summed E-state index contributed by atoms with van der Waals surface area (Å²) in [6.45, 7) is 5.86. The second-order valence-electron chi connectivity index (χ2n) is 8.32. The Labute approximate surface area is 180 Å². The molecule has 0 bridgehead atoms. The van der Waals surface area contributed by atoms with Gasteiger partial charge in [-0.2, -0.15) is 0 Å². The Kier molecular flexibility index (Phi) is 6.90. The molecule has 0 radical (unpaired) electrons. The lowest BCUT2D eigenvalue weighted by Gasteiger charge is -2.44. The second-order valence-corrected chi connectivity index (χ2v) is 8.32. The van der Waals surface area contributed by atoms with Crippen molar-refractivity contribution in [2.75, 3.05) is 51.3 Å². The van der Waals surface area contributed by atoms with Gasteiger partial charge in [-0.3, -0.25) is 9.69 Å². The van der Waals surface area contributed by atoms with Gasteiger partial charge in [0.05, 0.1) is 12.8 Å². The van der Waals surface area contributed by atoms with Crippen LogP contribution in [-0.4, -0.2) is 68.1 Å². The Morgan fingerprint density at radius 3 is 2.47 bits per heavy atom. The van der Waals surface area contributed by atoms with Crippen LogP contribution in [0.5, 0.6) is 5.75 Å². The number of hydrogen-bond acceptors (Lipinski definition) is 4. The average Bonchev–Trinajstić information content (AvgIpc) is 2.83. The number of carbonyl (C=O) groups is 1. The lowest BCUT2D eigenvalue weighted by atomic mass is 10.0. The number of likely N-dealkylation sites (tertiary alicyclic amines) is 1. The van der Waals surface area contributed by atoms with Crippen LogP contribution in [0.4, 0.5) is 5.69 Å². The van der Waals surface area contributed by atoms with Gasteiger partial charge in [-0.25, -0.2) is 0 Å². The summed E-state index contributed by atoms with van der Waals surface area (Å²) >= 11 is 0. The standard InChI is InChI=1S/C25H33N3O2/c1-30-24-12-6-5-11-23(24)27-18-16-26(17-19-27)22-10-7-15-28(20-22)25(29)14-13-21-8-3-2-4-9-21/h2-6,8-9,11-12,22H,7,10,13-20H2,1H3/t22-/m1/s1. The van der Waals surface area contributed by atoms with Crippen LogP contribution >= 0.6 is 0 Å². The van der Waals surface area contributed by atoms with E-state index in [9.17, 15) is 4.79 Å². The van der Waals surface area contributed by atoms with Crippen molar-refractivity contribution in [3.8, 4) is 5.75 Å². The molecule has 4 rings (SSSR count). The predicted octanol–water partition coefficient (Wildman–Crippen LogP) is 3.44. The van der Waals surface area contributed by atoms with Crippen LogP contribution < -0.4 is 9.64 Å². The Morgan fingerprint density at radius 1 is 0.967 bits per heavy atom. The Morgan fingerprint density at radius 2 is 1.70 bits per heavy atom. The van der Waals surface area contributed by atoms with E-state index in [4.69, 9.17) is 4.74 Å². The zero-order chi connectivity index (χ0) is 20.8. The number of piperidine rings is 1. The fourth-order valence-corrected chi connectivity index (χ4v) is 4.75. The first kappa shape index (κ1) is 20.7. The molecule has 2 aromatic carbocycles. The molecule has 160 valence electrons. The first-order valence-electron chi connectivity index (χ1n) is 11.2. The number of rotatable bonds is 6. The molecule has 0 spiro atoms. The molecule has 2 aliphatic rings. The van der Waals surface area contributed by atoms with Gasteiger partial charge in [0.25, 0.3) is 0 Å². The number of methoxy groups -OCH3 is 1. The van der Waals surface area contributed by atoms with Crippen molar-refractivity contribution in [1.82, 2.24) is 9.80 Å². The molecule has 30 heavy (non-hydrogen) atoms. The van der Waals surface area contributed by atoms with E-state index in [1.54, 1.807) is 7.11 Å². The first-order chi connectivity index (χ1) is 14.7. The van der Waals surface area contributed by atoms with E-state index in [0.717, 1.165) is 57.9 Å². The van der Waals surface area contributed by atoms with E-state index in [1.807, 2.05) is 30.3 Å². The van der Waals surface area contributed by atoms with Crippen LogP contribution in [0.15, 0.2) is 54.6 Å². The zero-order valence-corrected chi connectivity index (χ0v) is 18.0. The molecule has 1 atom stereocenters.